The van der Waals surface area contributed by atoms with Gasteiger partial charge >= 0.3 is 5.97 Å². The highest BCUT2D eigenvalue weighted by Crippen LogP contribution is 2.19. The summed E-state index contributed by atoms with van der Waals surface area (Å²) in [7, 11) is 0. The van der Waals surface area contributed by atoms with Crippen molar-refractivity contribution in [1.82, 2.24) is 4.90 Å². The molecule has 1 N–H and O–H groups in total. The van der Waals surface area contributed by atoms with Gasteiger partial charge in [0.05, 0.1) is 13.0 Å². The summed E-state index contributed by atoms with van der Waals surface area (Å²) in [5.41, 5.74) is 0. The summed E-state index contributed by atoms with van der Waals surface area (Å²) in [6.07, 6.45) is 4.72. The Kier molecular flexibility index (Phi) is 7.28. The number of aliphatic carboxylic acids is 1. The zero-order valence-corrected chi connectivity index (χ0v) is 11.7. The number of hydrogen-bond acceptors (Lipinski definition) is 3. The minimum atomic E-state index is -0.687. The van der Waals surface area contributed by atoms with Crippen molar-refractivity contribution in [3.8, 4) is 0 Å². The van der Waals surface area contributed by atoms with E-state index in [9.17, 15) is 4.79 Å². The minimum absolute atomic E-state index is 0.213. The Bertz CT molecular complexity index is 243. The van der Waals surface area contributed by atoms with Crippen molar-refractivity contribution in [3.63, 3.8) is 0 Å². The van der Waals surface area contributed by atoms with Crippen molar-refractivity contribution >= 4 is 5.97 Å². The number of carboxylic acid groups (broad SMARTS) is 1. The van der Waals surface area contributed by atoms with Gasteiger partial charge in [0.1, 0.15) is 0 Å². The molecule has 1 atom stereocenters. The molecule has 4 heteroatoms. The fourth-order valence-electron chi connectivity index (χ4n) is 2.39. The minimum Gasteiger partial charge on any atom is -0.481 e. The lowest BCUT2D eigenvalue weighted by molar-refractivity contribution is -0.138. The maximum Gasteiger partial charge on any atom is 0.304 e. The highest BCUT2D eigenvalue weighted by atomic mass is 16.5. The van der Waals surface area contributed by atoms with Crippen LogP contribution in [0.4, 0.5) is 0 Å². The van der Waals surface area contributed by atoms with Gasteiger partial charge in [-0.05, 0) is 31.7 Å². The van der Waals surface area contributed by atoms with Gasteiger partial charge < -0.3 is 9.84 Å². The molecule has 0 spiro atoms. The van der Waals surface area contributed by atoms with Gasteiger partial charge in [-0.3, -0.25) is 9.69 Å². The Balaban J connectivity index is 2.18. The van der Waals surface area contributed by atoms with Crippen molar-refractivity contribution in [3.05, 3.63) is 0 Å². The quantitative estimate of drug-likeness (QED) is 0.678. The second-order valence-corrected chi connectivity index (χ2v) is 5.58. The number of rotatable bonds is 8. The third-order valence-corrected chi connectivity index (χ3v) is 3.52. The van der Waals surface area contributed by atoms with Crippen LogP contribution in [0.2, 0.25) is 0 Å². The van der Waals surface area contributed by atoms with Crippen molar-refractivity contribution in [1.29, 1.82) is 0 Å². The van der Waals surface area contributed by atoms with Gasteiger partial charge in [0.25, 0.3) is 0 Å². The first kappa shape index (κ1) is 15.4. The second-order valence-electron chi connectivity index (χ2n) is 5.58. The summed E-state index contributed by atoms with van der Waals surface area (Å²) in [4.78, 5) is 13.1. The molecular formula is C14H27NO3. The van der Waals surface area contributed by atoms with E-state index in [-0.39, 0.29) is 12.5 Å². The van der Waals surface area contributed by atoms with Crippen LogP contribution in [-0.2, 0) is 9.53 Å². The molecule has 0 bridgehead atoms. The van der Waals surface area contributed by atoms with Gasteiger partial charge in [-0.25, -0.2) is 0 Å². The van der Waals surface area contributed by atoms with E-state index >= 15 is 0 Å². The lowest BCUT2D eigenvalue weighted by Gasteiger charge is -2.34. The van der Waals surface area contributed by atoms with Crippen LogP contribution >= 0.6 is 0 Å². The average molecular weight is 257 g/mol. The Morgan fingerprint density at radius 3 is 2.83 bits per heavy atom. The van der Waals surface area contributed by atoms with E-state index in [0.29, 0.717) is 5.92 Å². The van der Waals surface area contributed by atoms with Gasteiger partial charge in [0.15, 0.2) is 0 Å². The number of carbonyl (C=O) groups is 1. The molecule has 1 aliphatic heterocycles. The monoisotopic (exact) mass is 257 g/mol. The SMILES string of the molecule is CC(C)CCOCCN1CCCCC1CC(=O)O. The summed E-state index contributed by atoms with van der Waals surface area (Å²) in [6.45, 7) is 7.81. The van der Waals surface area contributed by atoms with E-state index in [4.69, 9.17) is 9.84 Å². The molecule has 0 amide bonds. The van der Waals surface area contributed by atoms with Crippen LogP contribution in [0.15, 0.2) is 0 Å². The maximum absolute atomic E-state index is 10.8. The first-order chi connectivity index (χ1) is 8.59. The summed E-state index contributed by atoms with van der Waals surface area (Å²) in [5.74, 6) is -0.00706. The maximum atomic E-state index is 10.8. The van der Waals surface area contributed by atoms with E-state index in [0.717, 1.165) is 45.6 Å². The Labute approximate surface area is 110 Å². The molecule has 0 radical (unpaired) electrons. The Morgan fingerprint density at radius 2 is 2.17 bits per heavy atom. The topological polar surface area (TPSA) is 49.8 Å². The second kappa shape index (κ2) is 8.48. The summed E-state index contributed by atoms with van der Waals surface area (Å²) in [5, 5.41) is 8.90. The highest BCUT2D eigenvalue weighted by molar-refractivity contribution is 5.67. The molecule has 0 aliphatic carbocycles. The predicted molar refractivity (Wildman–Crippen MR) is 71.7 cm³/mol. The molecule has 1 fully saturated rings. The number of nitrogens with zero attached hydrogens (tertiary/aromatic N) is 1. The van der Waals surface area contributed by atoms with Crippen LogP contribution in [0.25, 0.3) is 0 Å². The standard InChI is InChI=1S/C14H27NO3/c1-12(2)6-9-18-10-8-15-7-4-3-5-13(15)11-14(16)17/h12-13H,3-11H2,1-2H3,(H,16,17). The highest BCUT2D eigenvalue weighted by Gasteiger charge is 2.23. The molecule has 18 heavy (non-hydrogen) atoms. The van der Waals surface area contributed by atoms with E-state index in [1.807, 2.05) is 0 Å². The van der Waals surface area contributed by atoms with Crippen molar-refractivity contribution in [2.45, 2.75) is 52.0 Å². The van der Waals surface area contributed by atoms with Gasteiger partial charge in [-0.2, -0.15) is 0 Å². The largest absolute Gasteiger partial charge is 0.481 e. The van der Waals surface area contributed by atoms with Gasteiger partial charge in [0.2, 0.25) is 0 Å². The van der Waals surface area contributed by atoms with E-state index in [2.05, 4.69) is 18.7 Å². The summed E-state index contributed by atoms with van der Waals surface area (Å²) < 4.78 is 5.61. The van der Waals surface area contributed by atoms with E-state index in [1.165, 1.54) is 6.42 Å². The molecule has 1 saturated heterocycles. The van der Waals surface area contributed by atoms with Crippen molar-refractivity contribution < 1.29 is 14.6 Å². The smallest absolute Gasteiger partial charge is 0.304 e. The molecule has 0 aromatic heterocycles. The van der Waals surface area contributed by atoms with Crippen LogP contribution in [0.5, 0.6) is 0 Å². The molecule has 4 nitrogen and oxygen atoms in total. The summed E-state index contributed by atoms with van der Waals surface area (Å²) >= 11 is 0. The molecule has 1 heterocycles. The predicted octanol–water partition coefficient (Wildman–Crippen LogP) is 2.38. The number of likely N-dealkylation sites (tertiary alicyclic amines) is 1. The first-order valence-corrected chi connectivity index (χ1v) is 7.13. The molecule has 0 saturated carbocycles. The summed E-state index contributed by atoms with van der Waals surface area (Å²) in [6, 6.07) is 0.213. The number of hydrogen-bond donors (Lipinski definition) is 1. The van der Waals surface area contributed by atoms with Crippen molar-refractivity contribution in [2.75, 3.05) is 26.3 Å². The molecule has 1 unspecified atom stereocenters. The van der Waals surface area contributed by atoms with E-state index in [1.54, 1.807) is 0 Å². The molecule has 0 aromatic carbocycles. The lowest BCUT2D eigenvalue weighted by atomic mass is 9.99. The fourth-order valence-corrected chi connectivity index (χ4v) is 2.39. The van der Waals surface area contributed by atoms with Gasteiger partial charge in [0, 0.05) is 19.2 Å². The third-order valence-electron chi connectivity index (χ3n) is 3.52. The molecular weight excluding hydrogens is 230 g/mol. The zero-order valence-electron chi connectivity index (χ0n) is 11.7. The average Bonchev–Trinajstić information content (AvgIpc) is 2.29. The fraction of sp³-hybridized carbons (Fsp3) is 0.929. The molecule has 0 aromatic rings. The zero-order chi connectivity index (χ0) is 13.4. The van der Waals surface area contributed by atoms with Gasteiger partial charge in [-0.1, -0.05) is 20.3 Å². The van der Waals surface area contributed by atoms with Crippen molar-refractivity contribution in [2.24, 2.45) is 5.92 Å². The lowest BCUT2D eigenvalue weighted by Crippen LogP contribution is -2.42. The van der Waals surface area contributed by atoms with E-state index < -0.39 is 5.97 Å². The van der Waals surface area contributed by atoms with Crippen LogP contribution in [-0.4, -0.2) is 48.3 Å². The molecule has 1 rings (SSSR count). The number of carboxylic acids is 1. The number of ether oxygens (including phenoxy) is 1. The molecule has 106 valence electrons. The molecule has 1 aliphatic rings. The normalized spacial score (nSPS) is 21.4. The van der Waals surface area contributed by atoms with Crippen LogP contribution in [0.3, 0.4) is 0 Å². The Hall–Kier alpha value is -0.610. The van der Waals surface area contributed by atoms with Crippen LogP contribution in [0, 0.1) is 5.92 Å². The first-order valence-electron chi connectivity index (χ1n) is 7.13. The van der Waals surface area contributed by atoms with Gasteiger partial charge in [-0.15, -0.1) is 0 Å². The Morgan fingerprint density at radius 1 is 1.39 bits per heavy atom. The van der Waals surface area contributed by atoms with Crippen LogP contribution in [0.1, 0.15) is 46.0 Å². The third kappa shape index (κ3) is 6.36. The van der Waals surface area contributed by atoms with Crippen LogP contribution < -0.4 is 0 Å². The number of piperidine rings is 1.